The van der Waals surface area contributed by atoms with Crippen LogP contribution in [0.25, 0.3) is 0 Å². The van der Waals surface area contributed by atoms with Gasteiger partial charge in [-0.1, -0.05) is 11.6 Å². The molecule has 0 unspecified atom stereocenters. The number of nitrogens with zero attached hydrogens (tertiary/aromatic N) is 1. The lowest BCUT2D eigenvalue weighted by molar-refractivity contribution is -0.138. The van der Waals surface area contributed by atoms with Crippen LogP contribution in [0.1, 0.15) is 44.9 Å². The smallest absolute Gasteiger partial charge is 0.317 e. The monoisotopic (exact) mass is 294 g/mol. The number of hydrogen-bond acceptors (Lipinski definition) is 3. The SMILES string of the molecule is O=C(O)CN(CC(=O)NCCC1=CCCCC1)CC1CC1. The van der Waals surface area contributed by atoms with Crippen LogP contribution >= 0.6 is 0 Å². The topological polar surface area (TPSA) is 69.6 Å². The highest BCUT2D eigenvalue weighted by molar-refractivity contribution is 5.79. The minimum absolute atomic E-state index is 0.0466. The van der Waals surface area contributed by atoms with Crippen LogP contribution < -0.4 is 5.32 Å². The van der Waals surface area contributed by atoms with Crippen molar-refractivity contribution >= 4 is 11.9 Å². The van der Waals surface area contributed by atoms with Crippen molar-refractivity contribution in [2.24, 2.45) is 5.92 Å². The van der Waals surface area contributed by atoms with E-state index in [0.29, 0.717) is 12.5 Å². The molecule has 2 rings (SSSR count). The summed E-state index contributed by atoms with van der Waals surface area (Å²) in [5, 5.41) is 11.8. The highest BCUT2D eigenvalue weighted by Gasteiger charge is 2.26. The molecule has 21 heavy (non-hydrogen) atoms. The Morgan fingerprint density at radius 1 is 1.29 bits per heavy atom. The molecule has 5 heteroatoms. The molecular formula is C16H26N2O3. The second-order valence-corrected chi connectivity index (χ2v) is 6.21. The van der Waals surface area contributed by atoms with Crippen LogP contribution in [0, 0.1) is 5.92 Å². The average molecular weight is 294 g/mol. The Bertz CT molecular complexity index is 402. The van der Waals surface area contributed by atoms with Crippen molar-refractivity contribution in [3.8, 4) is 0 Å². The number of carbonyl (C=O) groups excluding carboxylic acids is 1. The number of amides is 1. The molecular weight excluding hydrogens is 268 g/mol. The van der Waals surface area contributed by atoms with Crippen molar-refractivity contribution in [1.82, 2.24) is 10.2 Å². The summed E-state index contributed by atoms with van der Waals surface area (Å²) in [4.78, 5) is 24.5. The van der Waals surface area contributed by atoms with Gasteiger partial charge in [0.1, 0.15) is 0 Å². The molecule has 0 aromatic heterocycles. The fourth-order valence-corrected chi connectivity index (χ4v) is 2.80. The van der Waals surface area contributed by atoms with E-state index in [-0.39, 0.29) is 19.0 Å². The Balaban J connectivity index is 1.65. The Kier molecular flexibility index (Phi) is 6.23. The zero-order valence-corrected chi connectivity index (χ0v) is 12.6. The third-order valence-corrected chi connectivity index (χ3v) is 4.09. The van der Waals surface area contributed by atoms with Gasteiger partial charge in [0.25, 0.3) is 0 Å². The van der Waals surface area contributed by atoms with Gasteiger partial charge in [0.2, 0.25) is 5.91 Å². The highest BCUT2D eigenvalue weighted by Crippen LogP contribution is 2.29. The van der Waals surface area contributed by atoms with Crippen LogP contribution in [-0.4, -0.2) is 48.1 Å². The van der Waals surface area contributed by atoms with Crippen molar-refractivity contribution in [3.63, 3.8) is 0 Å². The van der Waals surface area contributed by atoms with Crippen molar-refractivity contribution in [2.75, 3.05) is 26.2 Å². The van der Waals surface area contributed by atoms with Gasteiger partial charge in [-0.3, -0.25) is 14.5 Å². The van der Waals surface area contributed by atoms with Crippen molar-refractivity contribution in [3.05, 3.63) is 11.6 Å². The molecule has 118 valence electrons. The zero-order chi connectivity index (χ0) is 15.1. The summed E-state index contributed by atoms with van der Waals surface area (Å²) in [6.45, 7) is 1.54. The molecule has 0 aromatic rings. The van der Waals surface area contributed by atoms with E-state index in [1.807, 2.05) is 0 Å². The summed E-state index contributed by atoms with van der Waals surface area (Å²) in [6.07, 6.45) is 10.4. The Morgan fingerprint density at radius 2 is 2.10 bits per heavy atom. The average Bonchev–Trinajstić information content (AvgIpc) is 3.23. The van der Waals surface area contributed by atoms with Crippen LogP contribution in [0.2, 0.25) is 0 Å². The Labute approximate surface area is 126 Å². The lowest BCUT2D eigenvalue weighted by atomic mass is 9.97. The van der Waals surface area contributed by atoms with E-state index in [2.05, 4.69) is 11.4 Å². The highest BCUT2D eigenvalue weighted by atomic mass is 16.4. The van der Waals surface area contributed by atoms with Gasteiger partial charge >= 0.3 is 5.97 Å². The Morgan fingerprint density at radius 3 is 2.71 bits per heavy atom. The number of hydrogen-bond donors (Lipinski definition) is 2. The minimum Gasteiger partial charge on any atom is -0.480 e. The van der Waals surface area contributed by atoms with Crippen molar-refractivity contribution in [1.29, 1.82) is 0 Å². The number of nitrogens with one attached hydrogen (secondary N) is 1. The maximum Gasteiger partial charge on any atom is 0.317 e. The number of carboxylic acid groups (broad SMARTS) is 1. The molecule has 1 saturated carbocycles. The first-order valence-corrected chi connectivity index (χ1v) is 8.02. The molecule has 2 aliphatic rings. The molecule has 5 nitrogen and oxygen atoms in total. The lowest BCUT2D eigenvalue weighted by Gasteiger charge is -2.19. The van der Waals surface area contributed by atoms with Gasteiger partial charge in [-0.05, 0) is 50.9 Å². The normalized spacial score (nSPS) is 18.4. The van der Waals surface area contributed by atoms with E-state index in [0.717, 1.165) is 38.6 Å². The van der Waals surface area contributed by atoms with E-state index in [4.69, 9.17) is 5.11 Å². The van der Waals surface area contributed by atoms with Crippen molar-refractivity contribution < 1.29 is 14.7 Å². The van der Waals surface area contributed by atoms with Gasteiger partial charge in [-0.25, -0.2) is 0 Å². The Hall–Kier alpha value is -1.36. The van der Waals surface area contributed by atoms with Crippen LogP contribution in [0.4, 0.5) is 0 Å². The first-order valence-electron chi connectivity index (χ1n) is 8.02. The van der Waals surface area contributed by atoms with E-state index < -0.39 is 5.97 Å². The second-order valence-electron chi connectivity index (χ2n) is 6.21. The molecule has 2 N–H and O–H groups in total. The number of rotatable bonds is 9. The fraction of sp³-hybridized carbons (Fsp3) is 0.750. The van der Waals surface area contributed by atoms with E-state index >= 15 is 0 Å². The first kappa shape index (κ1) is 16.0. The van der Waals surface area contributed by atoms with Crippen LogP contribution in [0.15, 0.2) is 11.6 Å². The molecule has 2 aliphatic carbocycles. The molecule has 0 radical (unpaired) electrons. The van der Waals surface area contributed by atoms with Gasteiger partial charge in [0, 0.05) is 13.1 Å². The van der Waals surface area contributed by atoms with E-state index in [9.17, 15) is 9.59 Å². The van der Waals surface area contributed by atoms with Crippen LogP contribution in [0.5, 0.6) is 0 Å². The number of allylic oxidation sites excluding steroid dienone is 1. The predicted molar refractivity (Wildman–Crippen MR) is 81.0 cm³/mol. The van der Waals surface area contributed by atoms with Gasteiger partial charge in [-0.2, -0.15) is 0 Å². The van der Waals surface area contributed by atoms with Gasteiger partial charge in [0.15, 0.2) is 0 Å². The third-order valence-electron chi connectivity index (χ3n) is 4.09. The fourth-order valence-electron chi connectivity index (χ4n) is 2.80. The molecule has 0 heterocycles. The number of carbonyl (C=O) groups is 2. The number of carboxylic acids is 1. The molecule has 0 spiro atoms. The lowest BCUT2D eigenvalue weighted by Crippen LogP contribution is -2.41. The first-order chi connectivity index (χ1) is 10.1. The van der Waals surface area contributed by atoms with Gasteiger partial charge < -0.3 is 10.4 Å². The molecule has 0 aliphatic heterocycles. The summed E-state index contributed by atoms with van der Waals surface area (Å²) in [5.74, 6) is -0.339. The molecule has 1 amide bonds. The van der Waals surface area contributed by atoms with E-state index in [1.54, 1.807) is 4.90 Å². The minimum atomic E-state index is -0.865. The molecule has 0 saturated heterocycles. The summed E-state index contributed by atoms with van der Waals surface area (Å²) in [6, 6.07) is 0. The molecule has 0 bridgehead atoms. The van der Waals surface area contributed by atoms with Crippen molar-refractivity contribution in [2.45, 2.75) is 44.9 Å². The number of aliphatic carboxylic acids is 1. The molecule has 0 atom stereocenters. The second kappa shape index (κ2) is 8.17. The zero-order valence-electron chi connectivity index (χ0n) is 12.6. The third kappa shape index (κ3) is 6.76. The summed E-state index contributed by atoms with van der Waals surface area (Å²) >= 11 is 0. The predicted octanol–water partition coefficient (Wildman–Crippen LogP) is 1.79. The molecule has 0 aromatic carbocycles. The van der Waals surface area contributed by atoms with Gasteiger partial charge in [-0.15, -0.1) is 0 Å². The standard InChI is InChI=1S/C16H26N2O3/c19-15(17-9-8-13-4-2-1-3-5-13)11-18(12-16(20)21)10-14-6-7-14/h4,14H,1-3,5-12H2,(H,17,19)(H,20,21). The summed E-state index contributed by atoms with van der Waals surface area (Å²) < 4.78 is 0. The van der Waals surface area contributed by atoms with Gasteiger partial charge in [0.05, 0.1) is 13.1 Å². The summed E-state index contributed by atoms with van der Waals surface area (Å²) in [7, 11) is 0. The van der Waals surface area contributed by atoms with Crippen LogP contribution in [0.3, 0.4) is 0 Å². The van der Waals surface area contributed by atoms with Crippen LogP contribution in [-0.2, 0) is 9.59 Å². The largest absolute Gasteiger partial charge is 0.480 e. The quantitative estimate of drug-likeness (QED) is 0.636. The molecule has 1 fully saturated rings. The maximum absolute atomic E-state index is 11.9. The van der Waals surface area contributed by atoms with E-state index in [1.165, 1.54) is 18.4 Å². The maximum atomic E-state index is 11.9. The summed E-state index contributed by atoms with van der Waals surface area (Å²) in [5.41, 5.74) is 1.45.